The van der Waals surface area contributed by atoms with Crippen molar-refractivity contribution < 1.29 is 31.2 Å². The summed E-state index contributed by atoms with van der Waals surface area (Å²) >= 11 is 6.03. The van der Waals surface area contributed by atoms with Gasteiger partial charge in [-0.25, -0.2) is 29.4 Å². The molecule has 2 fully saturated rings. The molecule has 0 aromatic carbocycles. The molecule has 2 amide bonds. The molecule has 2 saturated heterocycles. The van der Waals surface area contributed by atoms with Crippen molar-refractivity contribution in [1.82, 2.24) is 29.4 Å². The van der Waals surface area contributed by atoms with Gasteiger partial charge in [0.15, 0.2) is 10.1 Å². The molecule has 2 aliphatic heterocycles. The van der Waals surface area contributed by atoms with Crippen LogP contribution in [0.2, 0.25) is 5.15 Å². The summed E-state index contributed by atoms with van der Waals surface area (Å²) in [4.78, 5) is 44.5. The molecule has 0 spiro atoms. The molecule has 6 rings (SSSR count). The molecule has 0 aliphatic carbocycles. The number of rotatable bonds is 8. The Bertz CT molecular complexity index is 2460. The molecule has 4 aromatic heterocycles. The molecule has 0 saturated carbocycles. The van der Waals surface area contributed by atoms with Crippen LogP contribution >= 0.6 is 11.6 Å². The maximum Gasteiger partial charge on any atom is 0.281 e. The Morgan fingerprint density at radius 1 is 0.717 bits per heavy atom. The largest absolute Gasteiger partial charge is 0.384 e. The molecule has 2 aliphatic rings. The highest BCUT2D eigenvalue weighted by Gasteiger charge is 2.47. The van der Waals surface area contributed by atoms with E-state index in [0.29, 0.717) is 23.3 Å². The van der Waals surface area contributed by atoms with Gasteiger partial charge >= 0.3 is 0 Å². The Kier molecular flexibility index (Phi) is 13.5. The van der Waals surface area contributed by atoms with Crippen molar-refractivity contribution in [1.29, 1.82) is 0 Å². The molecule has 6 heterocycles. The minimum atomic E-state index is -4.22. The molecule has 0 bridgehead atoms. The highest BCUT2D eigenvalue weighted by Crippen LogP contribution is 2.45. The first kappa shape index (κ1) is 46.2. The SMILES string of the molecule is CC(C)(C)c1ccc(C(=O)NS(=O)(=O)c2cccc(N)n2)c(Cl)n1.CC(C)(C)c1ccc(C(=O)NS(=O)(=O)c2cccc(N)n2)c(N2CCC(C3CCOCC3)C2(C)C)n1. The molecule has 0 radical (unpaired) electrons. The summed E-state index contributed by atoms with van der Waals surface area (Å²) in [6, 6.07) is 14.9. The number of carbonyl (C=O) groups is 2. The fourth-order valence-corrected chi connectivity index (χ4v) is 9.43. The standard InChI is InChI=1S/C26H37N5O4S.C15H17ClN4O3S/c1-25(2,3)20-10-9-18(24(32)30-36(33,34)22-8-6-7-21(27)29-22)23(28-20)31-14-11-19(26(31,4)5)17-12-15-35-16-13-17;1-15(2,3)10-8-7-9(13(16)18-10)14(21)20-24(22,23)12-6-4-5-11(17)19-12/h6-10,17,19H,11-16H2,1-5H3,(H2,27,29)(H,30,32);4-8H,1-3H3,(H2,17,19)(H,20,21). The van der Waals surface area contributed by atoms with E-state index in [0.717, 1.165) is 44.7 Å². The monoisotopic (exact) mass is 883 g/mol. The number of amides is 2. The molecule has 19 heteroatoms. The zero-order chi connectivity index (χ0) is 44.4. The van der Waals surface area contributed by atoms with E-state index in [2.05, 4.69) is 59.2 Å². The van der Waals surface area contributed by atoms with E-state index in [1.165, 1.54) is 42.5 Å². The van der Waals surface area contributed by atoms with Gasteiger partial charge in [0.25, 0.3) is 31.9 Å². The van der Waals surface area contributed by atoms with Crippen LogP contribution in [0.1, 0.15) is 107 Å². The van der Waals surface area contributed by atoms with Crippen LogP contribution < -0.4 is 25.8 Å². The summed E-state index contributed by atoms with van der Waals surface area (Å²) in [7, 11) is -8.38. The Balaban J connectivity index is 0.000000247. The fraction of sp³-hybridized carbons (Fsp3) is 0.463. The van der Waals surface area contributed by atoms with Crippen LogP contribution in [0.25, 0.3) is 0 Å². The fourth-order valence-electron chi connectivity index (χ4n) is 7.31. The van der Waals surface area contributed by atoms with Gasteiger partial charge < -0.3 is 21.1 Å². The predicted octanol–water partition coefficient (Wildman–Crippen LogP) is 5.63. The lowest BCUT2D eigenvalue weighted by atomic mass is 9.75. The second-order valence-electron chi connectivity index (χ2n) is 17.4. The number of carbonyl (C=O) groups excluding carboxylic acids is 2. The van der Waals surface area contributed by atoms with Crippen LogP contribution in [0.15, 0.2) is 70.7 Å². The molecular weight excluding hydrogens is 830 g/mol. The minimum absolute atomic E-state index is 0.0274. The quantitative estimate of drug-likeness (QED) is 0.157. The lowest BCUT2D eigenvalue weighted by Crippen LogP contribution is -2.47. The first-order chi connectivity index (χ1) is 27.8. The summed E-state index contributed by atoms with van der Waals surface area (Å²) < 4.78 is 59.9. The molecule has 6 N–H and O–H groups in total. The van der Waals surface area contributed by atoms with Crippen molar-refractivity contribution in [3.05, 3.63) is 88.3 Å². The van der Waals surface area contributed by atoms with Crippen LogP contribution in [0, 0.1) is 11.8 Å². The van der Waals surface area contributed by atoms with Crippen molar-refractivity contribution >= 4 is 60.9 Å². The topological polar surface area (TPSA) is 243 Å². The number of pyridine rings is 4. The molecular formula is C41H54ClN9O7S2. The Morgan fingerprint density at radius 3 is 1.65 bits per heavy atom. The summed E-state index contributed by atoms with van der Waals surface area (Å²) in [5.74, 6) is -0.0888. The van der Waals surface area contributed by atoms with E-state index in [1.807, 2.05) is 25.5 Å². The highest BCUT2D eigenvalue weighted by atomic mass is 35.5. The lowest BCUT2D eigenvalue weighted by molar-refractivity contribution is 0.0382. The number of nitrogens with two attached hydrogens (primary N) is 2. The van der Waals surface area contributed by atoms with Gasteiger partial charge in [-0.05, 0) is 93.5 Å². The van der Waals surface area contributed by atoms with Gasteiger partial charge in [-0.2, -0.15) is 16.8 Å². The van der Waals surface area contributed by atoms with Crippen molar-refractivity contribution in [2.75, 3.05) is 36.1 Å². The van der Waals surface area contributed by atoms with E-state index < -0.39 is 31.9 Å². The van der Waals surface area contributed by atoms with Gasteiger partial charge in [-0.15, -0.1) is 0 Å². The van der Waals surface area contributed by atoms with E-state index in [-0.39, 0.29) is 54.3 Å². The summed E-state index contributed by atoms with van der Waals surface area (Å²) in [5, 5.41) is -0.736. The van der Waals surface area contributed by atoms with Gasteiger partial charge in [0.1, 0.15) is 22.6 Å². The third kappa shape index (κ3) is 10.7. The lowest BCUT2D eigenvalue weighted by Gasteiger charge is -2.42. The molecule has 324 valence electrons. The number of anilines is 3. The average Bonchev–Trinajstić information content (AvgIpc) is 3.48. The number of hydrogen-bond acceptors (Lipinski definition) is 14. The summed E-state index contributed by atoms with van der Waals surface area (Å²) in [6.07, 6.45) is 3.03. The number of nitrogens with one attached hydrogen (secondary N) is 2. The van der Waals surface area contributed by atoms with Crippen LogP contribution in [0.3, 0.4) is 0 Å². The zero-order valence-corrected chi connectivity index (χ0v) is 37.5. The number of aromatic nitrogens is 4. The zero-order valence-electron chi connectivity index (χ0n) is 35.1. The molecule has 60 heavy (non-hydrogen) atoms. The predicted molar refractivity (Wildman–Crippen MR) is 231 cm³/mol. The Morgan fingerprint density at radius 2 is 1.18 bits per heavy atom. The van der Waals surface area contributed by atoms with Gasteiger partial charge in [-0.1, -0.05) is 65.3 Å². The van der Waals surface area contributed by atoms with Crippen LogP contribution in [-0.4, -0.2) is 73.9 Å². The van der Waals surface area contributed by atoms with Gasteiger partial charge in [0.2, 0.25) is 0 Å². The molecule has 1 unspecified atom stereocenters. The number of nitrogen functional groups attached to an aromatic ring is 2. The van der Waals surface area contributed by atoms with E-state index in [4.69, 9.17) is 32.8 Å². The summed E-state index contributed by atoms with van der Waals surface area (Å²) in [6.45, 7) is 18.7. The second-order valence-corrected chi connectivity index (χ2v) is 21.0. The van der Waals surface area contributed by atoms with Crippen molar-refractivity contribution in [2.24, 2.45) is 11.8 Å². The first-order valence-electron chi connectivity index (χ1n) is 19.4. The smallest absolute Gasteiger partial charge is 0.281 e. The molecule has 4 aromatic rings. The molecule has 1 atom stereocenters. The van der Waals surface area contributed by atoms with Gasteiger partial charge in [-0.3, -0.25) is 9.59 Å². The number of nitrogens with zero attached hydrogens (tertiary/aromatic N) is 5. The first-order valence-corrected chi connectivity index (χ1v) is 22.8. The third-order valence-electron chi connectivity index (χ3n) is 10.6. The van der Waals surface area contributed by atoms with Crippen molar-refractivity contribution in [2.45, 2.75) is 101 Å². The number of ether oxygens (including phenoxy) is 1. The normalized spacial score (nSPS) is 17.4. The Labute approximate surface area is 357 Å². The van der Waals surface area contributed by atoms with Crippen LogP contribution in [0.4, 0.5) is 17.5 Å². The van der Waals surface area contributed by atoms with Crippen molar-refractivity contribution in [3.8, 4) is 0 Å². The maximum atomic E-state index is 13.4. The highest BCUT2D eigenvalue weighted by molar-refractivity contribution is 7.90. The third-order valence-corrected chi connectivity index (χ3v) is 13.4. The van der Waals surface area contributed by atoms with Gasteiger partial charge in [0, 0.05) is 47.5 Å². The van der Waals surface area contributed by atoms with E-state index >= 15 is 0 Å². The number of halogens is 1. The maximum absolute atomic E-state index is 13.4. The summed E-state index contributed by atoms with van der Waals surface area (Å²) in [5.41, 5.74) is 12.0. The Hall–Kier alpha value is -4.91. The molecule has 16 nitrogen and oxygen atoms in total. The minimum Gasteiger partial charge on any atom is -0.384 e. The average molecular weight is 885 g/mol. The van der Waals surface area contributed by atoms with Crippen LogP contribution in [-0.2, 0) is 35.6 Å². The second kappa shape index (κ2) is 17.6. The van der Waals surface area contributed by atoms with E-state index in [9.17, 15) is 26.4 Å². The van der Waals surface area contributed by atoms with E-state index in [1.54, 1.807) is 18.2 Å². The van der Waals surface area contributed by atoms with Crippen molar-refractivity contribution in [3.63, 3.8) is 0 Å². The number of sulfonamides is 2. The van der Waals surface area contributed by atoms with Crippen LogP contribution in [0.5, 0.6) is 0 Å². The number of hydrogen-bond donors (Lipinski definition) is 4. The van der Waals surface area contributed by atoms with Gasteiger partial charge in [0.05, 0.1) is 11.1 Å².